The van der Waals surface area contributed by atoms with Crippen molar-refractivity contribution in [2.75, 3.05) is 11.2 Å². The molecular formula is C8H11N5S. The zero-order valence-electron chi connectivity index (χ0n) is 7.96. The fraction of sp³-hybridized carbons (Fsp3) is 0.250. The van der Waals surface area contributed by atoms with Gasteiger partial charge in [0, 0.05) is 4.88 Å². The van der Waals surface area contributed by atoms with Gasteiger partial charge in [0.15, 0.2) is 0 Å². The van der Waals surface area contributed by atoms with E-state index in [1.807, 2.05) is 13.8 Å². The maximum atomic E-state index is 5.81. The minimum atomic E-state index is 0.358. The summed E-state index contributed by atoms with van der Waals surface area (Å²) in [6.07, 6.45) is 0. The number of hydrogen-bond donors (Lipinski definition) is 3. The lowest BCUT2D eigenvalue weighted by molar-refractivity contribution is 1.16. The third-order valence-corrected chi connectivity index (χ3v) is 3.29. The SMILES string of the molecule is Cc1sc2nc(NN)nc(N)c2c1C. The van der Waals surface area contributed by atoms with Crippen molar-refractivity contribution in [3.05, 3.63) is 10.4 Å². The van der Waals surface area contributed by atoms with Crippen LogP contribution in [-0.4, -0.2) is 9.97 Å². The second-order valence-corrected chi connectivity index (χ2v) is 4.24. The average Bonchev–Trinajstić information content (AvgIpc) is 2.43. The van der Waals surface area contributed by atoms with Crippen LogP contribution in [0.15, 0.2) is 0 Å². The fourth-order valence-corrected chi connectivity index (χ4v) is 2.38. The monoisotopic (exact) mass is 209 g/mol. The van der Waals surface area contributed by atoms with E-state index in [9.17, 15) is 0 Å². The number of nitrogens with zero attached hydrogens (tertiary/aromatic N) is 2. The molecular weight excluding hydrogens is 198 g/mol. The number of nitrogens with one attached hydrogen (secondary N) is 1. The molecule has 0 unspecified atom stereocenters. The van der Waals surface area contributed by atoms with Crippen molar-refractivity contribution in [1.29, 1.82) is 0 Å². The molecule has 14 heavy (non-hydrogen) atoms. The molecule has 0 aliphatic carbocycles. The van der Waals surface area contributed by atoms with Gasteiger partial charge in [-0.05, 0) is 19.4 Å². The lowest BCUT2D eigenvalue weighted by atomic mass is 10.2. The molecule has 0 bridgehead atoms. The van der Waals surface area contributed by atoms with E-state index in [-0.39, 0.29) is 0 Å². The first-order chi connectivity index (χ1) is 6.63. The minimum absolute atomic E-state index is 0.358. The largest absolute Gasteiger partial charge is 0.383 e. The van der Waals surface area contributed by atoms with Gasteiger partial charge in [-0.1, -0.05) is 0 Å². The Bertz CT molecular complexity index is 490. The van der Waals surface area contributed by atoms with Crippen LogP contribution in [0.1, 0.15) is 10.4 Å². The van der Waals surface area contributed by atoms with Crippen molar-refractivity contribution in [3.8, 4) is 0 Å². The average molecular weight is 209 g/mol. The van der Waals surface area contributed by atoms with Gasteiger partial charge in [0.25, 0.3) is 0 Å². The van der Waals surface area contributed by atoms with E-state index in [1.165, 1.54) is 4.88 Å². The predicted octanol–water partition coefficient (Wildman–Crippen LogP) is 1.18. The summed E-state index contributed by atoms with van der Waals surface area (Å²) in [6, 6.07) is 0. The van der Waals surface area contributed by atoms with Crippen molar-refractivity contribution in [3.63, 3.8) is 0 Å². The molecule has 0 spiro atoms. The number of nitrogen functional groups attached to an aromatic ring is 2. The van der Waals surface area contributed by atoms with Crippen LogP contribution in [0.2, 0.25) is 0 Å². The molecule has 5 N–H and O–H groups in total. The van der Waals surface area contributed by atoms with Gasteiger partial charge < -0.3 is 5.73 Å². The van der Waals surface area contributed by atoms with Crippen LogP contribution >= 0.6 is 11.3 Å². The van der Waals surface area contributed by atoms with E-state index in [0.29, 0.717) is 11.8 Å². The van der Waals surface area contributed by atoms with Crippen LogP contribution in [0.5, 0.6) is 0 Å². The Kier molecular flexibility index (Phi) is 2.01. The minimum Gasteiger partial charge on any atom is -0.383 e. The Morgan fingerprint density at radius 2 is 2.00 bits per heavy atom. The van der Waals surface area contributed by atoms with Crippen molar-refractivity contribution >= 4 is 33.3 Å². The molecule has 0 fully saturated rings. The molecule has 0 saturated heterocycles. The number of hydrazine groups is 1. The van der Waals surface area contributed by atoms with E-state index in [1.54, 1.807) is 11.3 Å². The number of nitrogens with two attached hydrogens (primary N) is 2. The molecule has 74 valence electrons. The molecule has 2 aromatic heterocycles. The Hall–Kier alpha value is -1.40. The maximum absolute atomic E-state index is 5.81. The number of anilines is 2. The van der Waals surface area contributed by atoms with Gasteiger partial charge in [-0.25, -0.2) is 10.8 Å². The highest BCUT2D eigenvalue weighted by Gasteiger charge is 2.11. The van der Waals surface area contributed by atoms with Crippen molar-refractivity contribution in [2.45, 2.75) is 13.8 Å². The Labute approximate surface area is 85.1 Å². The molecule has 0 saturated carbocycles. The van der Waals surface area contributed by atoms with Crippen LogP contribution in [0.3, 0.4) is 0 Å². The molecule has 6 heteroatoms. The van der Waals surface area contributed by atoms with Crippen LogP contribution in [0, 0.1) is 13.8 Å². The predicted molar refractivity (Wildman–Crippen MR) is 59.1 cm³/mol. The third-order valence-electron chi connectivity index (χ3n) is 2.19. The highest BCUT2D eigenvalue weighted by atomic mass is 32.1. The number of aryl methyl sites for hydroxylation is 2. The first-order valence-electron chi connectivity index (χ1n) is 4.13. The summed E-state index contributed by atoms with van der Waals surface area (Å²) in [5, 5.41) is 0.937. The van der Waals surface area contributed by atoms with E-state index >= 15 is 0 Å². The smallest absolute Gasteiger partial charge is 0.240 e. The molecule has 2 rings (SSSR count). The van der Waals surface area contributed by atoms with Crippen LogP contribution in [0.25, 0.3) is 10.2 Å². The Morgan fingerprint density at radius 1 is 1.29 bits per heavy atom. The summed E-state index contributed by atoms with van der Waals surface area (Å²) in [6.45, 7) is 4.06. The summed E-state index contributed by atoms with van der Waals surface area (Å²) in [7, 11) is 0. The Balaban J connectivity index is 2.83. The third kappa shape index (κ3) is 1.19. The molecule has 0 aliphatic rings. The normalized spacial score (nSPS) is 10.8. The highest BCUT2D eigenvalue weighted by Crippen LogP contribution is 2.32. The first-order valence-corrected chi connectivity index (χ1v) is 4.95. The molecule has 0 atom stereocenters. The number of rotatable bonds is 1. The van der Waals surface area contributed by atoms with Crippen molar-refractivity contribution in [1.82, 2.24) is 9.97 Å². The highest BCUT2D eigenvalue weighted by molar-refractivity contribution is 7.18. The van der Waals surface area contributed by atoms with Crippen LogP contribution < -0.4 is 17.0 Å². The van der Waals surface area contributed by atoms with Crippen molar-refractivity contribution < 1.29 is 0 Å². The van der Waals surface area contributed by atoms with Gasteiger partial charge >= 0.3 is 0 Å². The number of fused-ring (bicyclic) bond motifs is 1. The molecule has 0 radical (unpaired) electrons. The summed E-state index contributed by atoms with van der Waals surface area (Å²) < 4.78 is 0. The molecule has 0 aliphatic heterocycles. The van der Waals surface area contributed by atoms with Crippen molar-refractivity contribution in [2.24, 2.45) is 5.84 Å². The number of thiophene rings is 1. The molecule has 2 aromatic rings. The quantitative estimate of drug-likeness (QED) is 0.484. The summed E-state index contributed by atoms with van der Waals surface area (Å²) in [5.41, 5.74) is 9.34. The lowest BCUT2D eigenvalue weighted by Crippen LogP contribution is -2.11. The number of hydrogen-bond acceptors (Lipinski definition) is 6. The van der Waals surface area contributed by atoms with Gasteiger partial charge in [-0.15, -0.1) is 11.3 Å². The number of aromatic nitrogens is 2. The summed E-state index contributed by atoms with van der Waals surface area (Å²) >= 11 is 1.60. The summed E-state index contributed by atoms with van der Waals surface area (Å²) in [5.74, 6) is 6.06. The first kappa shape index (κ1) is 9.17. The van der Waals surface area contributed by atoms with Gasteiger partial charge in [0.2, 0.25) is 5.95 Å². The Morgan fingerprint density at radius 3 is 2.64 bits per heavy atom. The maximum Gasteiger partial charge on any atom is 0.240 e. The zero-order valence-corrected chi connectivity index (χ0v) is 8.77. The standard InChI is InChI=1S/C8H11N5S/c1-3-4(2)14-7-5(3)6(9)11-8(12-7)13-10/h10H2,1-2H3,(H3,9,11,12,13). The van der Waals surface area contributed by atoms with Gasteiger partial charge in [0.1, 0.15) is 10.6 Å². The second-order valence-electron chi connectivity index (χ2n) is 3.04. The summed E-state index contributed by atoms with van der Waals surface area (Å²) in [4.78, 5) is 10.3. The van der Waals surface area contributed by atoms with E-state index in [2.05, 4.69) is 15.4 Å². The fourth-order valence-electron chi connectivity index (χ4n) is 1.35. The van der Waals surface area contributed by atoms with Gasteiger partial charge in [0.05, 0.1) is 5.39 Å². The van der Waals surface area contributed by atoms with Crippen LogP contribution in [-0.2, 0) is 0 Å². The van der Waals surface area contributed by atoms with Gasteiger partial charge in [-0.2, -0.15) is 4.98 Å². The zero-order chi connectivity index (χ0) is 10.3. The molecule has 5 nitrogen and oxygen atoms in total. The van der Waals surface area contributed by atoms with E-state index < -0.39 is 0 Å². The van der Waals surface area contributed by atoms with Crippen LogP contribution in [0.4, 0.5) is 11.8 Å². The van der Waals surface area contributed by atoms with E-state index in [0.717, 1.165) is 15.8 Å². The lowest BCUT2D eigenvalue weighted by Gasteiger charge is -2.00. The van der Waals surface area contributed by atoms with E-state index in [4.69, 9.17) is 11.6 Å². The van der Waals surface area contributed by atoms with Gasteiger partial charge in [-0.3, -0.25) is 5.43 Å². The molecule has 0 aromatic carbocycles. The molecule has 2 heterocycles. The molecule has 0 amide bonds. The second kappa shape index (κ2) is 3.07. The topological polar surface area (TPSA) is 89.8 Å².